The summed E-state index contributed by atoms with van der Waals surface area (Å²) in [4.78, 5) is 4.29. The van der Waals surface area contributed by atoms with Gasteiger partial charge in [0.15, 0.2) is 0 Å². The molecular formula is C10H12F3NO2. The highest BCUT2D eigenvalue weighted by atomic mass is 19.4. The first-order valence-electron chi connectivity index (χ1n) is 4.55. The minimum Gasteiger partial charge on any atom is -0.496 e. The topological polar surface area (TPSA) is 44.5 Å². The highest BCUT2D eigenvalue weighted by Gasteiger charge is 2.34. The highest BCUT2D eigenvalue weighted by Crippen LogP contribution is 2.36. The van der Waals surface area contributed by atoms with E-state index in [-0.39, 0.29) is 24.3 Å². The Bertz CT molecular complexity index is 352. The lowest BCUT2D eigenvalue weighted by atomic mass is 10.0. The summed E-state index contributed by atoms with van der Waals surface area (Å²) in [5.41, 5.74) is -0.660. The normalized spacial score (nSPS) is 11.6. The van der Waals surface area contributed by atoms with Crippen molar-refractivity contribution in [2.24, 2.45) is 5.90 Å². The molecule has 0 saturated heterocycles. The van der Waals surface area contributed by atoms with Crippen molar-refractivity contribution in [3.8, 4) is 5.75 Å². The molecule has 3 nitrogen and oxygen atoms in total. The molecule has 0 aliphatic carbocycles. The summed E-state index contributed by atoms with van der Waals surface area (Å²) in [6.07, 6.45) is -4.35. The summed E-state index contributed by atoms with van der Waals surface area (Å²) in [5.74, 6) is 4.99. The van der Waals surface area contributed by atoms with E-state index in [9.17, 15) is 13.2 Å². The molecule has 0 aliphatic rings. The van der Waals surface area contributed by atoms with Gasteiger partial charge in [0.05, 0.1) is 19.3 Å². The Kier molecular flexibility index (Phi) is 4.14. The molecule has 0 saturated carbocycles. The van der Waals surface area contributed by atoms with Crippen LogP contribution in [0, 0.1) is 0 Å². The summed E-state index contributed by atoms with van der Waals surface area (Å²) < 4.78 is 42.9. The van der Waals surface area contributed by atoms with E-state index in [2.05, 4.69) is 4.84 Å². The Balaban J connectivity index is 3.15. The summed E-state index contributed by atoms with van der Waals surface area (Å²) in [6, 6.07) is 3.78. The van der Waals surface area contributed by atoms with Gasteiger partial charge < -0.3 is 9.57 Å². The first-order valence-corrected chi connectivity index (χ1v) is 4.55. The number of ether oxygens (including phenoxy) is 1. The van der Waals surface area contributed by atoms with Gasteiger partial charge in [-0.25, -0.2) is 5.90 Å². The van der Waals surface area contributed by atoms with Crippen LogP contribution in [0.2, 0.25) is 0 Å². The molecule has 1 aromatic carbocycles. The monoisotopic (exact) mass is 235 g/mol. The van der Waals surface area contributed by atoms with Crippen LogP contribution in [0.15, 0.2) is 18.2 Å². The molecule has 0 heterocycles. The second-order valence-corrected chi connectivity index (χ2v) is 3.10. The molecule has 6 heteroatoms. The van der Waals surface area contributed by atoms with Gasteiger partial charge in [-0.3, -0.25) is 0 Å². The minimum atomic E-state index is -4.40. The van der Waals surface area contributed by atoms with Crippen LogP contribution >= 0.6 is 0 Å². The van der Waals surface area contributed by atoms with Gasteiger partial charge in [0.25, 0.3) is 0 Å². The lowest BCUT2D eigenvalue weighted by Crippen LogP contribution is -2.13. The zero-order chi connectivity index (χ0) is 12.2. The number of hydrogen-bond donors (Lipinski definition) is 1. The van der Waals surface area contributed by atoms with Gasteiger partial charge in [-0.05, 0) is 12.1 Å². The average molecular weight is 235 g/mol. The second-order valence-electron chi connectivity index (χ2n) is 3.10. The third-order valence-electron chi connectivity index (χ3n) is 2.13. The number of methoxy groups -OCH3 is 1. The number of benzene rings is 1. The van der Waals surface area contributed by atoms with Crippen LogP contribution < -0.4 is 10.6 Å². The minimum absolute atomic E-state index is 0.00343. The second kappa shape index (κ2) is 5.18. The van der Waals surface area contributed by atoms with Gasteiger partial charge >= 0.3 is 6.18 Å². The van der Waals surface area contributed by atoms with Crippen molar-refractivity contribution in [1.82, 2.24) is 0 Å². The van der Waals surface area contributed by atoms with Gasteiger partial charge in [-0.15, -0.1) is 0 Å². The molecule has 1 rings (SSSR count). The first-order chi connectivity index (χ1) is 7.50. The standard InChI is InChI=1S/C10H12F3NO2/c1-15-9-4-2-3-8(10(11,12)13)7(9)5-6-16-14/h2-4H,5-6,14H2,1H3. The van der Waals surface area contributed by atoms with Crippen LogP contribution in [-0.4, -0.2) is 13.7 Å². The Hall–Kier alpha value is -1.27. The Labute approximate surface area is 90.9 Å². The van der Waals surface area contributed by atoms with Crippen LogP contribution in [0.4, 0.5) is 13.2 Å². The van der Waals surface area contributed by atoms with Gasteiger partial charge in [-0.2, -0.15) is 13.2 Å². The van der Waals surface area contributed by atoms with Crippen LogP contribution in [0.25, 0.3) is 0 Å². The summed E-state index contributed by atoms with van der Waals surface area (Å²) in [6.45, 7) is 0.00343. The van der Waals surface area contributed by atoms with Crippen molar-refractivity contribution < 1.29 is 22.7 Å². The van der Waals surface area contributed by atoms with Gasteiger partial charge in [-0.1, -0.05) is 6.07 Å². The summed E-state index contributed by atoms with van der Waals surface area (Å²) in [5, 5.41) is 0. The van der Waals surface area contributed by atoms with Gasteiger partial charge in [0.2, 0.25) is 0 Å². The molecule has 0 spiro atoms. The zero-order valence-corrected chi connectivity index (χ0v) is 8.67. The summed E-state index contributed by atoms with van der Waals surface area (Å²) >= 11 is 0. The average Bonchev–Trinajstić information content (AvgIpc) is 2.24. The van der Waals surface area contributed by atoms with E-state index in [4.69, 9.17) is 10.6 Å². The number of rotatable bonds is 4. The SMILES string of the molecule is COc1cccc(C(F)(F)F)c1CCON. The predicted molar refractivity (Wildman–Crippen MR) is 51.8 cm³/mol. The van der Waals surface area contributed by atoms with Crippen molar-refractivity contribution >= 4 is 0 Å². The van der Waals surface area contributed by atoms with Crippen molar-refractivity contribution in [2.45, 2.75) is 12.6 Å². The highest BCUT2D eigenvalue weighted by molar-refractivity contribution is 5.42. The molecular weight excluding hydrogens is 223 g/mol. The number of alkyl halides is 3. The molecule has 0 bridgehead atoms. The molecule has 1 aromatic rings. The fourth-order valence-electron chi connectivity index (χ4n) is 1.44. The van der Waals surface area contributed by atoms with Crippen molar-refractivity contribution in [3.05, 3.63) is 29.3 Å². The van der Waals surface area contributed by atoms with E-state index in [1.165, 1.54) is 19.2 Å². The van der Waals surface area contributed by atoms with Crippen molar-refractivity contribution in [1.29, 1.82) is 0 Å². The molecule has 0 atom stereocenters. The third kappa shape index (κ3) is 2.86. The molecule has 0 radical (unpaired) electrons. The first kappa shape index (κ1) is 12.8. The lowest BCUT2D eigenvalue weighted by molar-refractivity contribution is -0.138. The number of nitrogens with two attached hydrogens (primary N) is 1. The Morgan fingerprint density at radius 3 is 2.50 bits per heavy atom. The largest absolute Gasteiger partial charge is 0.496 e. The molecule has 0 unspecified atom stereocenters. The maximum absolute atomic E-state index is 12.7. The Morgan fingerprint density at radius 2 is 2.00 bits per heavy atom. The van der Waals surface area contributed by atoms with E-state index in [0.717, 1.165) is 6.07 Å². The van der Waals surface area contributed by atoms with Crippen molar-refractivity contribution in [3.63, 3.8) is 0 Å². The zero-order valence-electron chi connectivity index (χ0n) is 8.67. The maximum Gasteiger partial charge on any atom is 0.416 e. The molecule has 16 heavy (non-hydrogen) atoms. The van der Waals surface area contributed by atoms with E-state index >= 15 is 0 Å². The van der Waals surface area contributed by atoms with Gasteiger partial charge in [0.1, 0.15) is 5.75 Å². The van der Waals surface area contributed by atoms with Gasteiger partial charge in [0, 0.05) is 12.0 Å². The van der Waals surface area contributed by atoms with E-state index < -0.39 is 11.7 Å². The predicted octanol–water partition coefficient (Wildman–Crippen LogP) is 2.15. The fourth-order valence-corrected chi connectivity index (χ4v) is 1.44. The van der Waals surface area contributed by atoms with Crippen LogP contribution in [0.5, 0.6) is 5.75 Å². The van der Waals surface area contributed by atoms with Crippen LogP contribution in [0.1, 0.15) is 11.1 Å². The molecule has 0 aliphatic heterocycles. The fraction of sp³-hybridized carbons (Fsp3) is 0.400. The third-order valence-corrected chi connectivity index (χ3v) is 2.13. The molecule has 0 amide bonds. The Morgan fingerprint density at radius 1 is 1.31 bits per heavy atom. The van der Waals surface area contributed by atoms with Crippen molar-refractivity contribution in [2.75, 3.05) is 13.7 Å². The van der Waals surface area contributed by atoms with E-state index in [0.29, 0.717) is 0 Å². The van der Waals surface area contributed by atoms with E-state index in [1.54, 1.807) is 0 Å². The number of halogens is 3. The molecule has 90 valence electrons. The van der Waals surface area contributed by atoms with Crippen LogP contribution in [-0.2, 0) is 17.4 Å². The smallest absolute Gasteiger partial charge is 0.416 e. The lowest BCUT2D eigenvalue weighted by Gasteiger charge is -2.15. The summed E-state index contributed by atoms with van der Waals surface area (Å²) in [7, 11) is 1.32. The molecule has 0 aromatic heterocycles. The molecule has 0 fully saturated rings. The maximum atomic E-state index is 12.7. The van der Waals surface area contributed by atoms with E-state index in [1.807, 2.05) is 0 Å². The van der Waals surface area contributed by atoms with Crippen LogP contribution in [0.3, 0.4) is 0 Å². The quantitative estimate of drug-likeness (QED) is 0.813. The molecule has 2 N–H and O–H groups in total. The number of hydrogen-bond acceptors (Lipinski definition) is 3.